The minimum atomic E-state index is -0.592. The molecule has 66 heavy (non-hydrogen) atoms. The van der Waals surface area contributed by atoms with Gasteiger partial charge in [-0.25, -0.2) is 9.59 Å². The number of nitrogens with one attached hydrogen (secondary N) is 2. The second kappa shape index (κ2) is 18.6. The molecule has 0 radical (unpaired) electrons. The highest BCUT2D eigenvalue weighted by Crippen LogP contribution is 2.46. The summed E-state index contributed by atoms with van der Waals surface area (Å²) in [6.07, 6.45) is 9.52. The van der Waals surface area contributed by atoms with Crippen LogP contribution in [0.25, 0.3) is 21.8 Å². The monoisotopic (exact) mass is 886 g/mol. The average Bonchev–Trinajstić information content (AvgIpc) is 3.73. The molecule has 12 nitrogen and oxygen atoms in total. The molecule has 2 aliphatic heterocycles. The summed E-state index contributed by atoms with van der Waals surface area (Å²) in [6, 6.07) is 39.3. The normalized spacial score (nSPS) is 24.5. The standard InChI is InChI=1S/2C27H29N3O3/c2*1-27(2)24(19-8-4-3-5-9-19)30(26(32)33-27)21-15-13-20(14-16-21)29-25(31)22-12-6-10-18-11-7-17-28-23(18)22/h2*3-12,17,20-21,24H,13-16H2,1-2H3,(H,29,31)/t2*20?,21?,24-/m10/s1. The number of ether oxygens (including phenoxy) is 2. The Morgan fingerprint density at radius 3 is 1.24 bits per heavy atom. The van der Waals surface area contributed by atoms with Crippen LogP contribution >= 0.6 is 0 Å². The average molecular weight is 887 g/mol. The third-order valence-electron chi connectivity index (χ3n) is 13.8. The Bertz CT molecular complexity index is 2520. The van der Waals surface area contributed by atoms with Crippen LogP contribution in [-0.4, -0.2) is 79.1 Å². The minimum absolute atomic E-state index is 0.0783. The van der Waals surface area contributed by atoms with Gasteiger partial charge in [0.1, 0.15) is 11.2 Å². The summed E-state index contributed by atoms with van der Waals surface area (Å²) in [5, 5.41) is 8.30. The number of pyridine rings is 2. The maximum atomic E-state index is 13.0. The number of hydrogen-bond donors (Lipinski definition) is 2. The fourth-order valence-electron chi connectivity index (χ4n) is 10.8. The van der Waals surface area contributed by atoms with Crippen LogP contribution < -0.4 is 10.6 Å². The molecule has 2 atom stereocenters. The first-order valence-electron chi connectivity index (χ1n) is 23.3. The molecule has 12 heteroatoms. The van der Waals surface area contributed by atoms with E-state index in [9.17, 15) is 19.2 Å². The lowest BCUT2D eigenvalue weighted by Gasteiger charge is -2.38. The summed E-state index contributed by atoms with van der Waals surface area (Å²) in [6.45, 7) is 7.92. The predicted octanol–water partition coefficient (Wildman–Crippen LogP) is 10.5. The molecule has 340 valence electrons. The first-order chi connectivity index (χ1) is 31.9. The molecule has 2 saturated heterocycles. The van der Waals surface area contributed by atoms with E-state index in [2.05, 4.69) is 44.9 Å². The summed E-state index contributed by atoms with van der Waals surface area (Å²) in [7, 11) is 0. The van der Waals surface area contributed by atoms with Crippen molar-refractivity contribution in [1.82, 2.24) is 30.4 Å². The molecule has 4 aliphatic rings. The number of cyclic esters (lactones) is 2. The van der Waals surface area contributed by atoms with Crippen LogP contribution in [0.5, 0.6) is 0 Å². The zero-order chi connectivity index (χ0) is 46.0. The van der Waals surface area contributed by atoms with Crippen molar-refractivity contribution in [2.24, 2.45) is 0 Å². The van der Waals surface area contributed by atoms with Crippen molar-refractivity contribution in [3.8, 4) is 0 Å². The van der Waals surface area contributed by atoms with E-state index in [4.69, 9.17) is 9.47 Å². The molecule has 4 fully saturated rings. The van der Waals surface area contributed by atoms with E-state index in [1.807, 2.05) is 135 Å². The second-order valence-electron chi connectivity index (χ2n) is 19.1. The fraction of sp³-hybridized carbons (Fsp3) is 0.370. The van der Waals surface area contributed by atoms with Crippen molar-refractivity contribution in [3.05, 3.63) is 156 Å². The molecule has 2 saturated carbocycles. The third-order valence-corrected chi connectivity index (χ3v) is 13.8. The van der Waals surface area contributed by atoms with Crippen LogP contribution in [0.4, 0.5) is 9.59 Å². The van der Waals surface area contributed by atoms with E-state index in [1.54, 1.807) is 12.4 Å². The lowest BCUT2D eigenvalue weighted by atomic mass is 9.86. The Kier molecular flexibility index (Phi) is 12.5. The summed E-state index contributed by atoms with van der Waals surface area (Å²) in [5.74, 6) is -0.182. The highest BCUT2D eigenvalue weighted by atomic mass is 16.6. The molecule has 4 heterocycles. The van der Waals surface area contributed by atoms with E-state index in [0.717, 1.165) is 84.3 Å². The van der Waals surface area contributed by atoms with Gasteiger partial charge in [-0.1, -0.05) is 97.1 Å². The molecule has 2 N–H and O–H groups in total. The number of carbonyl (C=O) groups excluding carboxylic acids is 4. The SMILES string of the molecule is CC1(C)OC(=O)N(C2CCC(NC(=O)c3cccc4cccnc34)CC2)[C@@H]1c1ccccc1.CC1(C)OC(=O)N(C2CCC(NC(=O)c3cccc4cccnc34)CC2)[C@H]1c1ccccc1. The minimum Gasteiger partial charge on any atom is -0.441 e. The maximum absolute atomic E-state index is 13.0. The second-order valence-corrected chi connectivity index (χ2v) is 19.1. The van der Waals surface area contributed by atoms with E-state index in [0.29, 0.717) is 11.1 Å². The first kappa shape index (κ1) is 44.4. The number of nitrogens with zero attached hydrogens (tertiary/aromatic N) is 4. The van der Waals surface area contributed by atoms with Gasteiger partial charge in [0, 0.05) is 47.3 Å². The van der Waals surface area contributed by atoms with Crippen LogP contribution in [-0.2, 0) is 9.47 Å². The van der Waals surface area contributed by atoms with Gasteiger partial charge in [0.25, 0.3) is 11.8 Å². The number of fused-ring (bicyclic) bond motifs is 2. The van der Waals surface area contributed by atoms with Gasteiger partial charge in [0.2, 0.25) is 0 Å². The zero-order valence-electron chi connectivity index (χ0n) is 38.1. The summed E-state index contributed by atoms with van der Waals surface area (Å²) < 4.78 is 11.6. The van der Waals surface area contributed by atoms with Crippen molar-refractivity contribution in [2.75, 3.05) is 0 Å². The van der Waals surface area contributed by atoms with Gasteiger partial charge in [-0.05, 0) is 114 Å². The number of para-hydroxylation sites is 2. The van der Waals surface area contributed by atoms with Crippen LogP contribution in [0.1, 0.15) is 123 Å². The molecular formula is C54H58N6O6. The number of rotatable bonds is 8. The highest BCUT2D eigenvalue weighted by molar-refractivity contribution is 6.06. The van der Waals surface area contributed by atoms with Gasteiger partial charge in [0.05, 0.1) is 34.2 Å². The van der Waals surface area contributed by atoms with Crippen LogP contribution in [0.3, 0.4) is 0 Å². The Morgan fingerprint density at radius 2 is 0.864 bits per heavy atom. The van der Waals surface area contributed by atoms with Gasteiger partial charge >= 0.3 is 12.2 Å². The van der Waals surface area contributed by atoms with Crippen molar-refractivity contribution >= 4 is 45.8 Å². The predicted molar refractivity (Wildman–Crippen MR) is 254 cm³/mol. The van der Waals surface area contributed by atoms with Gasteiger partial charge in [-0.3, -0.25) is 29.4 Å². The van der Waals surface area contributed by atoms with Gasteiger partial charge < -0.3 is 20.1 Å². The molecule has 6 aromatic rings. The van der Waals surface area contributed by atoms with Crippen molar-refractivity contribution in [2.45, 2.75) is 127 Å². The smallest absolute Gasteiger partial charge is 0.411 e. The highest BCUT2D eigenvalue weighted by Gasteiger charge is 2.52. The van der Waals surface area contributed by atoms with E-state index in [1.165, 1.54) is 0 Å². The molecule has 0 spiro atoms. The molecule has 2 aliphatic carbocycles. The topological polar surface area (TPSA) is 143 Å². The number of benzene rings is 4. The Balaban J connectivity index is 0.000000166. The lowest BCUT2D eigenvalue weighted by Crippen LogP contribution is -2.46. The quantitative estimate of drug-likeness (QED) is 0.154. The van der Waals surface area contributed by atoms with Gasteiger partial charge in [0.15, 0.2) is 0 Å². The first-order valence-corrected chi connectivity index (χ1v) is 23.3. The largest absolute Gasteiger partial charge is 0.441 e. The molecule has 4 amide bonds. The Hall–Kier alpha value is -6.82. The van der Waals surface area contributed by atoms with Crippen molar-refractivity contribution in [3.63, 3.8) is 0 Å². The summed E-state index contributed by atoms with van der Waals surface area (Å²) in [5.41, 5.74) is 3.64. The van der Waals surface area contributed by atoms with Crippen LogP contribution in [0, 0.1) is 0 Å². The number of amides is 4. The zero-order valence-corrected chi connectivity index (χ0v) is 38.1. The number of carbonyl (C=O) groups is 4. The maximum Gasteiger partial charge on any atom is 0.411 e. The van der Waals surface area contributed by atoms with Gasteiger partial charge in [-0.15, -0.1) is 0 Å². The lowest BCUT2D eigenvalue weighted by molar-refractivity contribution is 0.0654. The van der Waals surface area contributed by atoms with Crippen LogP contribution in [0.15, 0.2) is 134 Å². The molecule has 0 bridgehead atoms. The van der Waals surface area contributed by atoms with Gasteiger partial charge in [-0.2, -0.15) is 0 Å². The molecule has 4 aromatic carbocycles. The summed E-state index contributed by atoms with van der Waals surface area (Å²) in [4.78, 5) is 64.4. The van der Waals surface area contributed by atoms with E-state index >= 15 is 0 Å². The molecule has 10 rings (SSSR count). The Labute approximate surface area is 386 Å². The Morgan fingerprint density at radius 1 is 0.500 bits per heavy atom. The summed E-state index contributed by atoms with van der Waals surface area (Å²) >= 11 is 0. The van der Waals surface area contributed by atoms with E-state index < -0.39 is 11.2 Å². The van der Waals surface area contributed by atoms with Crippen LogP contribution in [0.2, 0.25) is 0 Å². The fourth-order valence-corrected chi connectivity index (χ4v) is 10.8. The number of aromatic nitrogens is 2. The number of hydrogen-bond acceptors (Lipinski definition) is 8. The third kappa shape index (κ3) is 9.05. The van der Waals surface area contributed by atoms with E-state index in [-0.39, 0.29) is 60.3 Å². The molecule has 2 aromatic heterocycles. The molecule has 0 unspecified atom stereocenters. The molecular weight excluding hydrogens is 829 g/mol. The van der Waals surface area contributed by atoms with Crippen molar-refractivity contribution in [1.29, 1.82) is 0 Å². The van der Waals surface area contributed by atoms with Crippen molar-refractivity contribution < 1.29 is 28.7 Å².